The Morgan fingerprint density at radius 3 is 2.68 bits per heavy atom. The maximum atomic E-state index is 11.1. The summed E-state index contributed by atoms with van der Waals surface area (Å²) in [6, 6.07) is 13.0. The summed E-state index contributed by atoms with van der Waals surface area (Å²) >= 11 is 6.09. The number of primary amides is 1. The van der Waals surface area contributed by atoms with Gasteiger partial charge in [-0.25, -0.2) is 0 Å². The Hall–Kier alpha value is -2.00. The number of halogens is 1. The van der Waals surface area contributed by atoms with E-state index in [4.69, 9.17) is 17.3 Å². The second-order valence-electron chi connectivity index (χ2n) is 4.34. The molecule has 0 unspecified atom stereocenters. The van der Waals surface area contributed by atoms with E-state index in [2.05, 4.69) is 18.3 Å². The van der Waals surface area contributed by atoms with Gasteiger partial charge in [-0.3, -0.25) is 4.79 Å². The average Bonchev–Trinajstić information content (AvgIpc) is 2.39. The molecule has 0 radical (unpaired) electrons. The van der Waals surface area contributed by atoms with Crippen LogP contribution in [-0.4, -0.2) is 5.91 Å². The van der Waals surface area contributed by atoms with Crippen molar-refractivity contribution in [3.63, 3.8) is 0 Å². The summed E-state index contributed by atoms with van der Waals surface area (Å²) in [6.07, 6.45) is 0. The molecule has 0 heterocycles. The zero-order chi connectivity index (χ0) is 13.8. The van der Waals surface area contributed by atoms with Gasteiger partial charge in [0.1, 0.15) is 0 Å². The summed E-state index contributed by atoms with van der Waals surface area (Å²) in [4.78, 5) is 11.1. The van der Waals surface area contributed by atoms with Crippen LogP contribution in [-0.2, 0) is 6.54 Å². The molecule has 2 aromatic carbocycles. The second-order valence-corrected chi connectivity index (χ2v) is 4.75. The predicted octanol–water partition coefficient (Wildman–Crippen LogP) is 3.36. The zero-order valence-corrected chi connectivity index (χ0v) is 11.4. The third kappa shape index (κ3) is 3.26. The molecule has 2 aromatic rings. The van der Waals surface area contributed by atoms with Crippen LogP contribution in [0.3, 0.4) is 0 Å². The first-order chi connectivity index (χ1) is 9.08. The molecule has 0 saturated heterocycles. The summed E-state index contributed by atoms with van der Waals surface area (Å²) in [5.41, 5.74) is 8.79. The molecule has 0 fully saturated rings. The van der Waals surface area contributed by atoms with Gasteiger partial charge >= 0.3 is 0 Å². The smallest absolute Gasteiger partial charge is 0.248 e. The van der Waals surface area contributed by atoms with E-state index in [1.165, 1.54) is 11.1 Å². The number of carbonyl (C=O) groups is 1. The summed E-state index contributed by atoms with van der Waals surface area (Å²) in [7, 11) is 0. The molecule has 19 heavy (non-hydrogen) atoms. The van der Waals surface area contributed by atoms with Gasteiger partial charge < -0.3 is 11.1 Å². The number of aryl methyl sites for hydroxylation is 1. The molecule has 0 aliphatic rings. The van der Waals surface area contributed by atoms with Crippen molar-refractivity contribution in [2.45, 2.75) is 13.5 Å². The third-order valence-corrected chi connectivity index (χ3v) is 3.31. The Morgan fingerprint density at radius 2 is 2.00 bits per heavy atom. The maximum Gasteiger partial charge on any atom is 0.248 e. The molecule has 2 rings (SSSR count). The number of nitrogens with one attached hydrogen (secondary N) is 1. The summed E-state index contributed by atoms with van der Waals surface area (Å²) in [6.45, 7) is 2.70. The molecular weight excluding hydrogens is 260 g/mol. The van der Waals surface area contributed by atoms with Crippen molar-refractivity contribution in [2.75, 3.05) is 5.32 Å². The molecule has 0 saturated carbocycles. The normalized spacial score (nSPS) is 10.2. The standard InChI is InChI=1S/C15H15ClN2O/c1-10-4-2-3-5-12(10)9-18-14-8-11(15(17)19)6-7-13(14)16/h2-8,18H,9H2,1H3,(H2,17,19). The highest BCUT2D eigenvalue weighted by Gasteiger charge is 2.06. The summed E-state index contributed by atoms with van der Waals surface area (Å²) < 4.78 is 0. The second kappa shape index (κ2) is 5.76. The van der Waals surface area contributed by atoms with E-state index in [9.17, 15) is 4.79 Å². The van der Waals surface area contributed by atoms with Crippen LogP contribution in [0.1, 0.15) is 21.5 Å². The molecule has 3 N–H and O–H groups in total. The molecular formula is C15H15ClN2O. The number of hydrogen-bond acceptors (Lipinski definition) is 2. The Kier molecular flexibility index (Phi) is 4.07. The number of carbonyl (C=O) groups excluding carboxylic acids is 1. The van der Waals surface area contributed by atoms with Gasteiger partial charge in [0.05, 0.1) is 10.7 Å². The lowest BCUT2D eigenvalue weighted by molar-refractivity contribution is 0.100. The number of anilines is 1. The molecule has 4 heteroatoms. The molecule has 0 aromatic heterocycles. The topological polar surface area (TPSA) is 55.1 Å². The molecule has 0 spiro atoms. The number of hydrogen-bond donors (Lipinski definition) is 2. The van der Waals surface area contributed by atoms with E-state index in [0.717, 1.165) is 0 Å². The molecule has 0 atom stereocenters. The minimum Gasteiger partial charge on any atom is -0.380 e. The molecule has 0 aliphatic carbocycles. The van der Waals surface area contributed by atoms with Crippen LogP contribution in [0.5, 0.6) is 0 Å². The molecule has 98 valence electrons. The molecule has 0 bridgehead atoms. The number of benzene rings is 2. The van der Waals surface area contributed by atoms with Crippen molar-refractivity contribution in [3.8, 4) is 0 Å². The van der Waals surface area contributed by atoms with Crippen LogP contribution in [0.4, 0.5) is 5.69 Å². The first kappa shape index (κ1) is 13.4. The van der Waals surface area contributed by atoms with Crippen LogP contribution in [0.2, 0.25) is 5.02 Å². The number of nitrogens with two attached hydrogens (primary N) is 1. The van der Waals surface area contributed by atoms with E-state index < -0.39 is 5.91 Å². The van der Waals surface area contributed by atoms with Gasteiger partial charge in [-0.2, -0.15) is 0 Å². The van der Waals surface area contributed by atoms with E-state index in [0.29, 0.717) is 22.8 Å². The highest BCUT2D eigenvalue weighted by Crippen LogP contribution is 2.23. The van der Waals surface area contributed by atoms with Gasteiger partial charge in [-0.05, 0) is 36.2 Å². The highest BCUT2D eigenvalue weighted by atomic mass is 35.5. The van der Waals surface area contributed by atoms with E-state index in [-0.39, 0.29) is 0 Å². The van der Waals surface area contributed by atoms with Gasteiger partial charge in [-0.15, -0.1) is 0 Å². The van der Waals surface area contributed by atoms with Crippen molar-refractivity contribution in [1.29, 1.82) is 0 Å². The SMILES string of the molecule is Cc1ccccc1CNc1cc(C(N)=O)ccc1Cl. The van der Waals surface area contributed by atoms with Crippen LogP contribution in [0.25, 0.3) is 0 Å². The fourth-order valence-corrected chi connectivity index (χ4v) is 2.00. The maximum absolute atomic E-state index is 11.1. The molecule has 0 aliphatic heterocycles. The third-order valence-electron chi connectivity index (χ3n) is 2.98. The monoisotopic (exact) mass is 274 g/mol. The van der Waals surface area contributed by atoms with Gasteiger partial charge in [0.2, 0.25) is 5.91 Å². The Morgan fingerprint density at radius 1 is 1.26 bits per heavy atom. The fraction of sp³-hybridized carbons (Fsp3) is 0.133. The average molecular weight is 275 g/mol. The van der Waals surface area contributed by atoms with Crippen molar-refractivity contribution >= 4 is 23.2 Å². The quantitative estimate of drug-likeness (QED) is 0.898. The van der Waals surface area contributed by atoms with Crippen molar-refractivity contribution < 1.29 is 4.79 Å². The first-order valence-electron chi connectivity index (χ1n) is 5.95. The van der Waals surface area contributed by atoms with Crippen LogP contribution >= 0.6 is 11.6 Å². The fourth-order valence-electron chi connectivity index (χ4n) is 1.81. The lowest BCUT2D eigenvalue weighted by Crippen LogP contribution is -2.11. The summed E-state index contributed by atoms with van der Waals surface area (Å²) in [5, 5.41) is 3.79. The number of amides is 1. The zero-order valence-electron chi connectivity index (χ0n) is 10.6. The lowest BCUT2D eigenvalue weighted by atomic mass is 10.1. The minimum atomic E-state index is -0.462. The van der Waals surface area contributed by atoms with Crippen molar-refractivity contribution in [2.24, 2.45) is 5.73 Å². The van der Waals surface area contributed by atoms with Gasteiger partial charge in [0.15, 0.2) is 0 Å². The Balaban J connectivity index is 2.17. The Labute approximate surface area is 117 Å². The first-order valence-corrected chi connectivity index (χ1v) is 6.33. The summed E-state index contributed by atoms with van der Waals surface area (Å²) in [5.74, 6) is -0.462. The van der Waals surface area contributed by atoms with Crippen LogP contribution < -0.4 is 11.1 Å². The highest BCUT2D eigenvalue weighted by molar-refractivity contribution is 6.33. The van der Waals surface area contributed by atoms with Crippen LogP contribution in [0.15, 0.2) is 42.5 Å². The molecule has 1 amide bonds. The van der Waals surface area contributed by atoms with E-state index in [1.54, 1.807) is 18.2 Å². The molecule has 3 nitrogen and oxygen atoms in total. The van der Waals surface area contributed by atoms with Crippen LogP contribution in [0, 0.1) is 6.92 Å². The minimum absolute atomic E-state index is 0.441. The lowest BCUT2D eigenvalue weighted by Gasteiger charge is -2.11. The number of rotatable bonds is 4. The largest absolute Gasteiger partial charge is 0.380 e. The van der Waals surface area contributed by atoms with E-state index >= 15 is 0 Å². The predicted molar refractivity (Wildman–Crippen MR) is 78.5 cm³/mol. The van der Waals surface area contributed by atoms with Crippen molar-refractivity contribution in [3.05, 3.63) is 64.2 Å². The van der Waals surface area contributed by atoms with Crippen molar-refractivity contribution in [1.82, 2.24) is 0 Å². The Bertz CT molecular complexity index is 611. The van der Waals surface area contributed by atoms with Gasteiger partial charge in [0, 0.05) is 12.1 Å². The van der Waals surface area contributed by atoms with Gasteiger partial charge in [-0.1, -0.05) is 35.9 Å². The van der Waals surface area contributed by atoms with E-state index in [1.807, 2.05) is 18.2 Å². The van der Waals surface area contributed by atoms with Gasteiger partial charge in [0.25, 0.3) is 0 Å².